The second kappa shape index (κ2) is 6.87. The Labute approximate surface area is 159 Å². The summed E-state index contributed by atoms with van der Waals surface area (Å²) in [6, 6.07) is 4.31. The van der Waals surface area contributed by atoms with Crippen molar-refractivity contribution in [1.82, 2.24) is 29.4 Å². The first-order valence-electron chi connectivity index (χ1n) is 10.2. The molecule has 5 rings (SSSR count). The molecule has 7 heteroatoms. The van der Waals surface area contributed by atoms with Gasteiger partial charge in [0.2, 0.25) is 0 Å². The van der Waals surface area contributed by atoms with Crippen LogP contribution in [0.4, 0.5) is 0 Å². The third-order valence-corrected chi connectivity index (χ3v) is 6.39. The van der Waals surface area contributed by atoms with E-state index in [1.165, 1.54) is 25.0 Å². The van der Waals surface area contributed by atoms with Gasteiger partial charge in [0.1, 0.15) is 0 Å². The molecule has 0 spiro atoms. The Hall–Kier alpha value is -1.99. The van der Waals surface area contributed by atoms with Gasteiger partial charge in [-0.05, 0) is 44.3 Å². The van der Waals surface area contributed by atoms with Crippen molar-refractivity contribution in [2.75, 3.05) is 26.2 Å². The molecule has 7 nitrogen and oxygen atoms in total. The first-order chi connectivity index (χ1) is 13.2. The van der Waals surface area contributed by atoms with Crippen LogP contribution >= 0.6 is 0 Å². The smallest absolute Gasteiger partial charge is 0.255 e. The summed E-state index contributed by atoms with van der Waals surface area (Å²) in [5, 5.41) is 8.28. The zero-order valence-electron chi connectivity index (χ0n) is 16.0. The van der Waals surface area contributed by atoms with Crippen molar-refractivity contribution in [1.29, 1.82) is 0 Å². The summed E-state index contributed by atoms with van der Waals surface area (Å²) in [6.45, 7) is 6.81. The number of hydrogen-bond donors (Lipinski definition) is 0. The Kier molecular flexibility index (Phi) is 4.36. The largest absolute Gasteiger partial charge is 0.312 e. The Balaban J connectivity index is 1.35. The average molecular weight is 368 g/mol. The van der Waals surface area contributed by atoms with Crippen molar-refractivity contribution in [3.05, 3.63) is 45.6 Å². The van der Waals surface area contributed by atoms with E-state index in [9.17, 15) is 4.79 Å². The minimum absolute atomic E-state index is 0.247. The lowest BCUT2D eigenvalue weighted by Crippen LogP contribution is -2.47. The number of pyridine rings is 1. The number of piperidine rings is 1. The van der Waals surface area contributed by atoms with E-state index in [0.29, 0.717) is 11.8 Å². The van der Waals surface area contributed by atoms with Crippen molar-refractivity contribution in [3.63, 3.8) is 0 Å². The number of likely N-dealkylation sites (tertiary alicyclic amines) is 2. The summed E-state index contributed by atoms with van der Waals surface area (Å²) in [5.74, 6) is 0.996. The van der Waals surface area contributed by atoms with Crippen molar-refractivity contribution in [3.8, 4) is 0 Å². The van der Waals surface area contributed by atoms with Crippen molar-refractivity contribution in [2.45, 2.75) is 44.8 Å². The van der Waals surface area contributed by atoms with Gasteiger partial charge in [-0.3, -0.25) is 19.3 Å². The standard InChI is InChI=1S/C20H28N6O/c1-23-13-18(21-22-23)14-25-9-15-8-17(12-25)19-5-4-16(20(27)26(19)10-15)11-24-6-2-3-7-24/h4-5,13,15,17H,2-3,6-12,14H2,1H3/t15-,17+/m0/s1. The summed E-state index contributed by atoms with van der Waals surface area (Å²) in [5.41, 5.74) is 3.47. The summed E-state index contributed by atoms with van der Waals surface area (Å²) in [7, 11) is 1.91. The average Bonchev–Trinajstić information content (AvgIpc) is 3.29. The molecule has 2 fully saturated rings. The van der Waals surface area contributed by atoms with Crippen LogP contribution in [0.15, 0.2) is 23.1 Å². The van der Waals surface area contributed by atoms with E-state index in [2.05, 4.69) is 36.8 Å². The molecule has 27 heavy (non-hydrogen) atoms. The maximum atomic E-state index is 13.1. The van der Waals surface area contributed by atoms with E-state index in [1.54, 1.807) is 4.68 Å². The van der Waals surface area contributed by atoms with Gasteiger partial charge in [-0.15, -0.1) is 5.10 Å². The van der Waals surface area contributed by atoms with Crippen LogP contribution in [-0.2, 0) is 26.7 Å². The molecule has 5 heterocycles. The molecule has 0 N–H and O–H groups in total. The van der Waals surface area contributed by atoms with E-state index in [4.69, 9.17) is 0 Å². The maximum Gasteiger partial charge on any atom is 0.255 e. The first-order valence-corrected chi connectivity index (χ1v) is 10.2. The molecule has 0 aliphatic carbocycles. The van der Waals surface area contributed by atoms with Crippen molar-refractivity contribution < 1.29 is 0 Å². The fourth-order valence-corrected chi connectivity index (χ4v) is 5.22. The highest BCUT2D eigenvalue weighted by molar-refractivity contribution is 5.22. The molecule has 2 aromatic rings. The molecule has 0 aromatic carbocycles. The number of rotatable bonds is 4. The minimum Gasteiger partial charge on any atom is -0.312 e. The lowest BCUT2D eigenvalue weighted by atomic mass is 9.83. The van der Waals surface area contributed by atoms with Crippen molar-refractivity contribution >= 4 is 0 Å². The van der Waals surface area contributed by atoms with Gasteiger partial charge in [-0.2, -0.15) is 0 Å². The fourth-order valence-electron chi connectivity index (χ4n) is 5.22. The van der Waals surface area contributed by atoms with Crippen LogP contribution in [-0.4, -0.2) is 55.5 Å². The van der Waals surface area contributed by atoms with E-state index in [-0.39, 0.29) is 5.56 Å². The second-order valence-electron chi connectivity index (χ2n) is 8.56. The van der Waals surface area contributed by atoms with Crippen LogP contribution in [0.25, 0.3) is 0 Å². The predicted octanol–water partition coefficient (Wildman–Crippen LogP) is 1.19. The van der Waals surface area contributed by atoms with Gasteiger partial charge in [0.25, 0.3) is 5.56 Å². The zero-order chi connectivity index (χ0) is 18.4. The van der Waals surface area contributed by atoms with Gasteiger partial charge in [-0.1, -0.05) is 11.3 Å². The molecule has 144 valence electrons. The predicted molar refractivity (Wildman–Crippen MR) is 102 cm³/mol. The molecule has 2 atom stereocenters. The van der Waals surface area contributed by atoms with Crippen LogP contribution in [0.3, 0.4) is 0 Å². The Morgan fingerprint density at radius 1 is 1.07 bits per heavy atom. The molecule has 0 radical (unpaired) electrons. The number of fused-ring (bicyclic) bond motifs is 4. The van der Waals surface area contributed by atoms with Gasteiger partial charge in [-0.25, -0.2) is 0 Å². The molecule has 2 bridgehead atoms. The van der Waals surface area contributed by atoms with Crippen LogP contribution in [0.1, 0.15) is 42.1 Å². The molecule has 2 aromatic heterocycles. The highest BCUT2D eigenvalue weighted by atomic mass is 16.1. The number of aromatic nitrogens is 4. The highest BCUT2D eigenvalue weighted by Gasteiger charge is 2.35. The third kappa shape index (κ3) is 3.34. The van der Waals surface area contributed by atoms with Gasteiger partial charge in [0.15, 0.2) is 0 Å². The summed E-state index contributed by atoms with van der Waals surface area (Å²) >= 11 is 0. The highest BCUT2D eigenvalue weighted by Crippen LogP contribution is 2.35. The van der Waals surface area contributed by atoms with Gasteiger partial charge in [0.05, 0.1) is 5.69 Å². The Morgan fingerprint density at radius 3 is 2.70 bits per heavy atom. The van der Waals surface area contributed by atoms with E-state index < -0.39 is 0 Å². The normalized spacial score (nSPS) is 25.7. The van der Waals surface area contributed by atoms with Crippen LogP contribution in [0.2, 0.25) is 0 Å². The SMILES string of the molecule is Cn1cc(CN2C[C@@H]3C[C@H](C2)c2ccc(CN4CCCC4)c(=O)n2C3)nn1. The topological polar surface area (TPSA) is 59.2 Å². The maximum absolute atomic E-state index is 13.1. The summed E-state index contributed by atoms with van der Waals surface area (Å²) < 4.78 is 3.85. The molecule has 0 saturated carbocycles. The second-order valence-corrected chi connectivity index (χ2v) is 8.56. The molecule has 3 aliphatic heterocycles. The van der Waals surface area contributed by atoms with E-state index in [1.807, 2.05) is 13.2 Å². The monoisotopic (exact) mass is 368 g/mol. The minimum atomic E-state index is 0.247. The lowest BCUT2D eigenvalue weighted by molar-refractivity contribution is 0.113. The van der Waals surface area contributed by atoms with Gasteiger partial charge < -0.3 is 4.57 Å². The molecule has 2 saturated heterocycles. The van der Waals surface area contributed by atoms with Crippen LogP contribution in [0, 0.1) is 5.92 Å². The van der Waals surface area contributed by atoms with Crippen LogP contribution in [0.5, 0.6) is 0 Å². The lowest BCUT2D eigenvalue weighted by Gasteiger charge is -2.42. The first kappa shape index (κ1) is 17.1. The number of nitrogens with zero attached hydrogens (tertiary/aromatic N) is 6. The fraction of sp³-hybridized carbons (Fsp3) is 0.650. The van der Waals surface area contributed by atoms with E-state index in [0.717, 1.165) is 57.1 Å². The molecule has 0 unspecified atom stereocenters. The number of hydrogen-bond acceptors (Lipinski definition) is 5. The quantitative estimate of drug-likeness (QED) is 0.811. The zero-order valence-corrected chi connectivity index (χ0v) is 16.0. The summed E-state index contributed by atoms with van der Waals surface area (Å²) in [4.78, 5) is 18.0. The van der Waals surface area contributed by atoms with Crippen LogP contribution < -0.4 is 5.56 Å². The molecule has 3 aliphatic rings. The Morgan fingerprint density at radius 2 is 1.93 bits per heavy atom. The molecular weight excluding hydrogens is 340 g/mol. The van der Waals surface area contributed by atoms with E-state index >= 15 is 0 Å². The van der Waals surface area contributed by atoms with Gasteiger partial charge in [0, 0.05) is 63.1 Å². The molecule has 0 amide bonds. The molecular formula is C20H28N6O. The Bertz CT molecular complexity index is 881. The summed E-state index contributed by atoms with van der Waals surface area (Å²) in [6.07, 6.45) is 5.71. The van der Waals surface area contributed by atoms with Crippen molar-refractivity contribution in [2.24, 2.45) is 13.0 Å². The van der Waals surface area contributed by atoms with Gasteiger partial charge >= 0.3 is 0 Å². The number of aryl methyl sites for hydroxylation is 1. The third-order valence-electron chi connectivity index (χ3n) is 6.39.